The topological polar surface area (TPSA) is 66.8 Å². The molecule has 1 fully saturated rings. The molecule has 0 spiro atoms. The second-order valence-corrected chi connectivity index (χ2v) is 7.10. The number of nitrogens with zero attached hydrogens (tertiary/aromatic N) is 1. The molecule has 0 bridgehead atoms. The first-order valence-electron chi connectivity index (χ1n) is 7.43. The van der Waals surface area contributed by atoms with Crippen molar-refractivity contribution < 1.29 is 18.3 Å². The van der Waals surface area contributed by atoms with Crippen molar-refractivity contribution in [3.63, 3.8) is 0 Å². The maximum Gasteiger partial charge on any atom is 0.243 e. The van der Waals surface area contributed by atoms with Crippen LogP contribution in [-0.4, -0.2) is 37.0 Å². The van der Waals surface area contributed by atoms with Crippen molar-refractivity contribution in [1.82, 2.24) is 4.31 Å². The number of ether oxygens (including phenoxy) is 1. The Balaban J connectivity index is 2.34. The molecule has 0 unspecified atom stereocenters. The lowest BCUT2D eigenvalue weighted by Crippen LogP contribution is -2.33. The molecule has 0 radical (unpaired) electrons. The fourth-order valence-corrected chi connectivity index (χ4v) is 4.18. The Morgan fingerprint density at radius 3 is 2.57 bits per heavy atom. The van der Waals surface area contributed by atoms with E-state index in [9.17, 15) is 13.5 Å². The molecule has 0 aromatic heterocycles. The van der Waals surface area contributed by atoms with Crippen LogP contribution < -0.4 is 4.74 Å². The lowest BCUT2D eigenvalue weighted by Gasteiger charge is -2.22. The van der Waals surface area contributed by atoms with E-state index in [4.69, 9.17) is 4.74 Å². The molecule has 0 heterocycles. The normalized spacial score (nSPS) is 15.4. The number of sulfonamides is 1. The van der Waals surface area contributed by atoms with Gasteiger partial charge in [-0.15, -0.1) is 0 Å². The highest BCUT2D eigenvalue weighted by Crippen LogP contribution is 2.33. The summed E-state index contributed by atoms with van der Waals surface area (Å²) in [5, 5.41) is 9.41. The van der Waals surface area contributed by atoms with Gasteiger partial charge in [-0.25, -0.2) is 8.42 Å². The second kappa shape index (κ2) is 6.77. The third-order valence-electron chi connectivity index (χ3n) is 3.51. The van der Waals surface area contributed by atoms with Crippen LogP contribution in [0.25, 0.3) is 0 Å². The standard InChI is InChI=1S/C15H23NO4S/c1-3-9-16(13-5-6-13)21(18,19)14-7-8-15(20-4-2)12(10-14)11-17/h7-8,10,13,17H,3-6,9,11H2,1-2H3. The summed E-state index contributed by atoms with van der Waals surface area (Å²) in [6, 6.07) is 4.84. The molecule has 1 aromatic carbocycles. The Kier molecular flexibility index (Phi) is 5.24. The molecule has 6 heteroatoms. The van der Waals surface area contributed by atoms with Crippen molar-refractivity contribution in [2.75, 3.05) is 13.2 Å². The Bertz CT molecular complexity index is 581. The molecule has 21 heavy (non-hydrogen) atoms. The average Bonchev–Trinajstić information content (AvgIpc) is 3.29. The van der Waals surface area contributed by atoms with E-state index in [1.165, 1.54) is 6.07 Å². The van der Waals surface area contributed by atoms with Crippen LogP contribution in [-0.2, 0) is 16.6 Å². The molecule has 1 saturated carbocycles. The molecule has 1 aliphatic rings. The maximum atomic E-state index is 12.7. The van der Waals surface area contributed by atoms with Crippen molar-refractivity contribution >= 4 is 10.0 Å². The smallest absolute Gasteiger partial charge is 0.243 e. The van der Waals surface area contributed by atoms with Gasteiger partial charge in [0.15, 0.2) is 0 Å². The van der Waals surface area contributed by atoms with E-state index in [0.717, 1.165) is 19.3 Å². The number of hydrogen-bond donors (Lipinski definition) is 1. The minimum absolute atomic E-state index is 0.138. The fraction of sp³-hybridized carbons (Fsp3) is 0.600. The van der Waals surface area contributed by atoms with Crippen molar-refractivity contribution in [3.05, 3.63) is 23.8 Å². The summed E-state index contributed by atoms with van der Waals surface area (Å²) >= 11 is 0. The molecule has 1 aromatic rings. The second-order valence-electron chi connectivity index (χ2n) is 5.21. The minimum atomic E-state index is -3.50. The minimum Gasteiger partial charge on any atom is -0.494 e. The van der Waals surface area contributed by atoms with Gasteiger partial charge in [0.25, 0.3) is 0 Å². The zero-order valence-electron chi connectivity index (χ0n) is 12.6. The highest BCUT2D eigenvalue weighted by molar-refractivity contribution is 7.89. The summed E-state index contributed by atoms with van der Waals surface area (Å²) < 4.78 is 32.5. The lowest BCUT2D eigenvalue weighted by molar-refractivity contribution is 0.266. The zero-order valence-corrected chi connectivity index (χ0v) is 13.4. The molecular formula is C15H23NO4S. The van der Waals surface area contributed by atoms with Crippen LogP contribution in [0, 0.1) is 0 Å². The van der Waals surface area contributed by atoms with Gasteiger partial charge in [-0.1, -0.05) is 6.92 Å². The molecular weight excluding hydrogens is 290 g/mol. The first-order valence-corrected chi connectivity index (χ1v) is 8.87. The first-order chi connectivity index (χ1) is 10.0. The quantitative estimate of drug-likeness (QED) is 0.798. The molecule has 0 saturated heterocycles. The number of aliphatic hydroxyl groups is 1. The Morgan fingerprint density at radius 1 is 1.33 bits per heavy atom. The SMILES string of the molecule is CCCN(C1CC1)S(=O)(=O)c1ccc(OCC)c(CO)c1. The van der Waals surface area contributed by atoms with Crippen LogP contribution >= 0.6 is 0 Å². The maximum absolute atomic E-state index is 12.7. The molecule has 118 valence electrons. The van der Waals surface area contributed by atoms with Crippen molar-refractivity contribution in [3.8, 4) is 5.75 Å². The summed E-state index contributed by atoms with van der Waals surface area (Å²) in [6.07, 6.45) is 2.66. The summed E-state index contributed by atoms with van der Waals surface area (Å²) in [4.78, 5) is 0.232. The highest BCUT2D eigenvalue weighted by Gasteiger charge is 2.37. The third-order valence-corrected chi connectivity index (χ3v) is 5.45. The van der Waals surface area contributed by atoms with Crippen LogP contribution in [0.15, 0.2) is 23.1 Å². The van der Waals surface area contributed by atoms with Gasteiger partial charge < -0.3 is 9.84 Å². The van der Waals surface area contributed by atoms with Gasteiger partial charge in [0.1, 0.15) is 5.75 Å². The van der Waals surface area contributed by atoms with Crippen molar-refractivity contribution in [2.24, 2.45) is 0 Å². The number of aliphatic hydroxyl groups excluding tert-OH is 1. The molecule has 0 atom stereocenters. The van der Waals surface area contributed by atoms with Gasteiger partial charge in [0, 0.05) is 18.2 Å². The number of rotatable bonds is 8. The van der Waals surface area contributed by atoms with E-state index in [-0.39, 0.29) is 17.5 Å². The van der Waals surface area contributed by atoms with Crippen molar-refractivity contribution in [2.45, 2.75) is 50.7 Å². The molecule has 1 aliphatic carbocycles. The molecule has 2 rings (SSSR count). The van der Waals surface area contributed by atoms with Crippen molar-refractivity contribution in [1.29, 1.82) is 0 Å². The van der Waals surface area contributed by atoms with Crippen LogP contribution in [0.5, 0.6) is 5.75 Å². The number of benzene rings is 1. The van der Waals surface area contributed by atoms with E-state index in [1.807, 2.05) is 13.8 Å². The van der Waals surface area contributed by atoms with E-state index >= 15 is 0 Å². The summed E-state index contributed by atoms with van der Waals surface area (Å²) in [5.41, 5.74) is 0.505. The summed E-state index contributed by atoms with van der Waals surface area (Å²) in [5.74, 6) is 0.535. The lowest BCUT2D eigenvalue weighted by atomic mass is 10.2. The predicted octanol–water partition coefficient (Wildman–Crippen LogP) is 2.14. The predicted molar refractivity (Wildman–Crippen MR) is 80.7 cm³/mol. The van der Waals surface area contributed by atoms with E-state index < -0.39 is 10.0 Å². The summed E-state index contributed by atoms with van der Waals surface area (Å²) in [7, 11) is -3.50. The molecule has 1 N–H and O–H groups in total. The Labute approximate surface area is 126 Å². The third kappa shape index (κ3) is 3.56. The highest BCUT2D eigenvalue weighted by atomic mass is 32.2. The van der Waals surface area contributed by atoms with E-state index in [0.29, 0.717) is 24.5 Å². The molecule has 0 amide bonds. The van der Waals surface area contributed by atoms with E-state index in [1.54, 1.807) is 16.4 Å². The van der Waals surface area contributed by atoms with Gasteiger partial charge >= 0.3 is 0 Å². The Hall–Kier alpha value is -1.11. The zero-order chi connectivity index (χ0) is 15.5. The van der Waals surface area contributed by atoms with Crippen LogP contribution in [0.3, 0.4) is 0 Å². The number of hydrogen-bond acceptors (Lipinski definition) is 4. The van der Waals surface area contributed by atoms with Crippen LogP contribution in [0.1, 0.15) is 38.7 Å². The first kappa shape index (κ1) is 16.3. The van der Waals surface area contributed by atoms with Gasteiger partial charge in [0.05, 0.1) is 18.1 Å². The fourth-order valence-electron chi connectivity index (χ4n) is 2.35. The van der Waals surface area contributed by atoms with Gasteiger partial charge in [-0.05, 0) is 44.4 Å². The monoisotopic (exact) mass is 313 g/mol. The largest absolute Gasteiger partial charge is 0.494 e. The van der Waals surface area contributed by atoms with Crippen LogP contribution in [0.4, 0.5) is 0 Å². The van der Waals surface area contributed by atoms with Crippen LogP contribution in [0.2, 0.25) is 0 Å². The van der Waals surface area contributed by atoms with E-state index in [2.05, 4.69) is 0 Å². The van der Waals surface area contributed by atoms with Gasteiger partial charge in [0.2, 0.25) is 10.0 Å². The Morgan fingerprint density at radius 2 is 2.05 bits per heavy atom. The summed E-state index contributed by atoms with van der Waals surface area (Å²) in [6.45, 7) is 4.60. The molecule has 5 nitrogen and oxygen atoms in total. The molecule has 0 aliphatic heterocycles. The van der Waals surface area contributed by atoms with Gasteiger partial charge in [-0.2, -0.15) is 4.31 Å². The average molecular weight is 313 g/mol. The van der Waals surface area contributed by atoms with Gasteiger partial charge in [-0.3, -0.25) is 0 Å².